The lowest BCUT2D eigenvalue weighted by molar-refractivity contribution is 0.475. The van der Waals surface area contributed by atoms with Gasteiger partial charge in [-0.25, -0.2) is 0 Å². The van der Waals surface area contributed by atoms with Gasteiger partial charge in [0.05, 0.1) is 0 Å². The first-order valence-electron chi connectivity index (χ1n) is 7.63. The highest BCUT2D eigenvalue weighted by Crippen LogP contribution is 2.35. The Bertz CT molecular complexity index is 635. The second-order valence-corrected chi connectivity index (χ2v) is 8.91. The second kappa shape index (κ2) is 5.73. The van der Waals surface area contributed by atoms with Gasteiger partial charge in [0.15, 0.2) is 0 Å². The average molecular weight is 361 g/mol. The summed E-state index contributed by atoms with van der Waals surface area (Å²) in [5.41, 5.74) is 4.98. The minimum atomic E-state index is 0.0874. The first kappa shape index (κ1) is 17.1. The van der Waals surface area contributed by atoms with Crippen LogP contribution in [0.15, 0.2) is 40.9 Å². The van der Waals surface area contributed by atoms with Crippen molar-refractivity contribution in [2.75, 3.05) is 0 Å². The van der Waals surface area contributed by atoms with Crippen LogP contribution in [0.2, 0.25) is 0 Å². The Morgan fingerprint density at radius 1 is 0.682 bits per heavy atom. The van der Waals surface area contributed by atoms with Crippen LogP contribution in [0.5, 0.6) is 5.75 Å². The molecule has 0 bridgehead atoms. The first-order chi connectivity index (χ1) is 9.96. The van der Waals surface area contributed by atoms with Crippen LogP contribution in [-0.2, 0) is 10.8 Å². The summed E-state index contributed by atoms with van der Waals surface area (Å²) in [5, 5.41) is 9.88. The molecule has 2 aromatic carbocycles. The topological polar surface area (TPSA) is 20.2 Å². The summed E-state index contributed by atoms with van der Waals surface area (Å²) in [6, 6.07) is 12.4. The average Bonchev–Trinajstić information content (AvgIpc) is 2.35. The molecule has 2 aromatic rings. The molecule has 0 amide bonds. The molecule has 0 unspecified atom stereocenters. The lowest BCUT2D eigenvalue weighted by Gasteiger charge is -2.26. The van der Waals surface area contributed by atoms with Gasteiger partial charge in [-0.15, -0.1) is 0 Å². The first-order valence-corrected chi connectivity index (χ1v) is 8.42. The molecule has 0 atom stereocenters. The maximum absolute atomic E-state index is 9.88. The van der Waals surface area contributed by atoms with Gasteiger partial charge in [-0.3, -0.25) is 0 Å². The number of aromatic hydroxyl groups is 1. The zero-order valence-corrected chi connectivity index (χ0v) is 15.9. The minimum Gasteiger partial charge on any atom is -0.508 e. The molecule has 1 nitrogen and oxygen atoms in total. The SMILES string of the molecule is CC(C)(C)c1cc(-c2cc(O)cc(Br)c2)cc(C(C)(C)C)c1. The number of phenols is 1. The van der Waals surface area contributed by atoms with E-state index in [1.807, 2.05) is 12.1 Å². The molecule has 0 aliphatic heterocycles. The van der Waals surface area contributed by atoms with Crippen LogP contribution in [0.4, 0.5) is 0 Å². The molecule has 0 spiro atoms. The van der Waals surface area contributed by atoms with Gasteiger partial charge >= 0.3 is 0 Å². The van der Waals surface area contributed by atoms with Gasteiger partial charge < -0.3 is 5.11 Å². The van der Waals surface area contributed by atoms with Gasteiger partial charge in [-0.05, 0) is 51.3 Å². The van der Waals surface area contributed by atoms with Gasteiger partial charge in [0.1, 0.15) is 5.75 Å². The van der Waals surface area contributed by atoms with Crippen molar-refractivity contribution in [3.8, 4) is 16.9 Å². The standard InChI is InChI=1S/C20H25BrO/c1-19(2,3)15-7-13(8-16(11-15)20(4,5)6)14-9-17(21)12-18(22)10-14/h7-12,22H,1-6H3. The van der Waals surface area contributed by atoms with Crippen molar-refractivity contribution < 1.29 is 5.11 Å². The van der Waals surface area contributed by atoms with E-state index in [1.165, 1.54) is 11.1 Å². The number of rotatable bonds is 1. The molecule has 0 fully saturated rings. The fraction of sp³-hybridized carbons (Fsp3) is 0.400. The van der Waals surface area contributed by atoms with E-state index in [0.29, 0.717) is 0 Å². The van der Waals surface area contributed by atoms with Crippen LogP contribution in [0.25, 0.3) is 11.1 Å². The summed E-state index contributed by atoms with van der Waals surface area (Å²) in [6.45, 7) is 13.4. The van der Waals surface area contributed by atoms with E-state index < -0.39 is 0 Å². The maximum atomic E-state index is 9.88. The van der Waals surface area contributed by atoms with Gasteiger partial charge in [-0.1, -0.05) is 75.7 Å². The monoisotopic (exact) mass is 360 g/mol. The van der Waals surface area contributed by atoms with Crippen LogP contribution in [-0.4, -0.2) is 5.11 Å². The van der Waals surface area contributed by atoms with E-state index in [-0.39, 0.29) is 16.6 Å². The number of hydrogen-bond acceptors (Lipinski definition) is 1. The molecule has 0 aliphatic carbocycles. The highest BCUT2D eigenvalue weighted by Gasteiger charge is 2.21. The molecule has 118 valence electrons. The third kappa shape index (κ3) is 3.92. The van der Waals surface area contributed by atoms with Crippen LogP contribution >= 0.6 is 15.9 Å². The fourth-order valence-corrected chi connectivity index (χ4v) is 2.88. The molecule has 2 rings (SSSR count). The predicted octanol–water partition coefficient (Wildman–Crippen LogP) is 6.42. The summed E-state index contributed by atoms with van der Waals surface area (Å²) in [4.78, 5) is 0. The van der Waals surface area contributed by atoms with Crippen molar-refractivity contribution in [1.29, 1.82) is 0 Å². The lowest BCUT2D eigenvalue weighted by Crippen LogP contribution is -2.16. The minimum absolute atomic E-state index is 0.0874. The molecule has 0 heterocycles. The molecule has 1 N–H and O–H groups in total. The molecule has 0 aliphatic rings. The van der Waals surface area contributed by atoms with Crippen molar-refractivity contribution in [2.45, 2.75) is 52.4 Å². The Kier molecular flexibility index (Phi) is 4.45. The van der Waals surface area contributed by atoms with E-state index >= 15 is 0 Å². The molecule has 0 radical (unpaired) electrons. The van der Waals surface area contributed by atoms with Crippen molar-refractivity contribution in [1.82, 2.24) is 0 Å². The van der Waals surface area contributed by atoms with E-state index in [9.17, 15) is 5.11 Å². The Balaban J connectivity index is 2.70. The van der Waals surface area contributed by atoms with Gasteiger partial charge in [0.2, 0.25) is 0 Å². The zero-order chi connectivity index (χ0) is 16.7. The predicted molar refractivity (Wildman–Crippen MR) is 98.6 cm³/mol. The summed E-state index contributed by atoms with van der Waals surface area (Å²) in [7, 11) is 0. The second-order valence-electron chi connectivity index (χ2n) is 8.00. The highest BCUT2D eigenvalue weighted by atomic mass is 79.9. The molecule has 0 saturated carbocycles. The Morgan fingerprint density at radius 3 is 1.55 bits per heavy atom. The smallest absolute Gasteiger partial charge is 0.117 e. The largest absolute Gasteiger partial charge is 0.508 e. The fourth-order valence-electron chi connectivity index (χ4n) is 2.40. The van der Waals surface area contributed by atoms with Crippen molar-refractivity contribution in [2.24, 2.45) is 0 Å². The molecule has 22 heavy (non-hydrogen) atoms. The van der Waals surface area contributed by atoms with E-state index in [0.717, 1.165) is 15.6 Å². The van der Waals surface area contributed by atoms with Gasteiger partial charge in [-0.2, -0.15) is 0 Å². The highest BCUT2D eigenvalue weighted by molar-refractivity contribution is 9.10. The third-order valence-electron chi connectivity index (χ3n) is 3.88. The van der Waals surface area contributed by atoms with Crippen molar-refractivity contribution in [3.63, 3.8) is 0 Å². The Hall–Kier alpha value is -1.28. The van der Waals surface area contributed by atoms with Crippen LogP contribution in [0.1, 0.15) is 52.7 Å². The Morgan fingerprint density at radius 2 is 1.14 bits per heavy atom. The number of hydrogen-bond donors (Lipinski definition) is 1. The zero-order valence-electron chi connectivity index (χ0n) is 14.3. The van der Waals surface area contributed by atoms with Crippen LogP contribution < -0.4 is 0 Å². The van der Waals surface area contributed by atoms with E-state index in [2.05, 4.69) is 75.7 Å². The summed E-state index contributed by atoms with van der Waals surface area (Å²) < 4.78 is 0.890. The summed E-state index contributed by atoms with van der Waals surface area (Å²) in [6.07, 6.45) is 0. The van der Waals surface area contributed by atoms with E-state index in [1.54, 1.807) is 6.07 Å². The Labute approximate surface area is 142 Å². The lowest BCUT2D eigenvalue weighted by atomic mass is 9.79. The van der Waals surface area contributed by atoms with Gasteiger partial charge in [0.25, 0.3) is 0 Å². The van der Waals surface area contributed by atoms with Crippen molar-refractivity contribution in [3.05, 3.63) is 52.0 Å². The summed E-state index contributed by atoms with van der Waals surface area (Å²) in [5.74, 6) is 0.280. The summed E-state index contributed by atoms with van der Waals surface area (Å²) >= 11 is 3.47. The molecule has 0 saturated heterocycles. The number of benzene rings is 2. The maximum Gasteiger partial charge on any atom is 0.117 e. The molecular formula is C20H25BrO. The normalized spacial score (nSPS) is 12.5. The molecule has 2 heteroatoms. The van der Waals surface area contributed by atoms with Crippen molar-refractivity contribution >= 4 is 15.9 Å². The third-order valence-corrected chi connectivity index (χ3v) is 4.34. The molecular weight excluding hydrogens is 336 g/mol. The number of phenolic OH excluding ortho intramolecular Hbond substituents is 1. The molecule has 0 aromatic heterocycles. The van der Waals surface area contributed by atoms with Crippen LogP contribution in [0.3, 0.4) is 0 Å². The number of halogens is 1. The quantitative estimate of drug-likeness (QED) is 0.622. The van der Waals surface area contributed by atoms with E-state index in [4.69, 9.17) is 0 Å². The van der Waals surface area contributed by atoms with Gasteiger partial charge in [0, 0.05) is 4.47 Å². The van der Waals surface area contributed by atoms with Crippen LogP contribution in [0, 0.1) is 0 Å².